The first-order valence-electron chi connectivity index (χ1n) is 7.97. The van der Waals surface area contributed by atoms with Gasteiger partial charge in [-0.05, 0) is 43.4 Å². The van der Waals surface area contributed by atoms with Crippen LogP contribution in [0, 0.1) is 37.0 Å². The molecule has 23 heavy (non-hydrogen) atoms. The highest BCUT2D eigenvalue weighted by Gasteiger charge is 2.14. The quantitative estimate of drug-likeness (QED) is 0.599. The van der Waals surface area contributed by atoms with Gasteiger partial charge in [0.1, 0.15) is 11.6 Å². The lowest BCUT2D eigenvalue weighted by atomic mass is 10.1. The topological polar surface area (TPSA) is 78.1 Å². The molecule has 0 aliphatic carbocycles. The van der Waals surface area contributed by atoms with E-state index in [9.17, 15) is 10.1 Å². The lowest BCUT2D eigenvalue weighted by molar-refractivity contribution is -0.117. The summed E-state index contributed by atoms with van der Waals surface area (Å²) < 4.78 is 2.21. The molecule has 0 spiro atoms. The molecule has 1 heterocycles. The molecule has 0 aliphatic rings. The fourth-order valence-electron chi connectivity index (χ4n) is 2.35. The Morgan fingerprint density at radius 2 is 2.09 bits per heavy atom. The SMILES string of the molecule is Cc1cc(/C=C(/C#N)C(=O)NCC(C)CO)c(C)n1CC(C)C. The summed E-state index contributed by atoms with van der Waals surface area (Å²) in [6.07, 6.45) is 1.64. The molecule has 0 fully saturated rings. The van der Waals surface area contributed by atoms with E-state index in [2.05, 4.69) is 23.7 Å². The van der Waals surface area contributed by atoms with Gasteiger partial charge in [-0.2, -0.15) is 5.26 Å². The van der Waals surface area contributed by atoms with Gasteiger partial charge in [-0.3, -0.25) is 4.79 Å². The van der Waals surface area contributed by atoms with E-state index in [0.29, 0.717) is 12.5 Å². The molecule has 0 saturated heterocycles. The molecule has 0 aromatic carbocycles. The molecule has 0 bridgehead atoms. The van der Waals surface area contributed by atoms with E-state index in [4.69, 9.17) is 5.11 Å². The summed E-state index contributed by atoms with van der Waals surface area (Å²) in [7, 11) is 0. The first-order chi connectivity index (χ1) is 10.8. The molecule has 0 aliphatic heterocycles. The fourth-order valence-corrected chi connectivity index (χ4v) is 2.35. The molecule has 1 atom stereocenters. The molecule has 1 unspecified atom stereocenters. The van der Waals surface area contributed by atoms with Crippen molar-refractivity contribution in [3.05, 3.63) is 28.6 Å². The molecule has 1 rings (SSSR count). The van der Waals surface area contributed by atoms with Crippen LogP contribution in [0.3, 0.4) is 0 Å². The standard InChI is InChI=1S/C18H27N3O2/c1-12(2)10-21-14(4)6-16(15(21)5)7-17(8-19)18(23)20-9-13(3)11-22/h6-7,12-13,22H,9-11H2,1-5H3,(H,20,23)/b17-7-. The van der Waals surface area contributed by atoms with Crippen molar-refractivity contribution in [1.82, 2.24) is 9.88 Å². The van der Waals surface area contributed by atoms with Crippen LogP contribution in [0.4, 0.5) is 0 Å². The van der Waals surface area contributed by atoms with Crippen LogP contribution >= 0.6 is 0 Å². The van der Waals surface area contributed by atoms with Crippen LogP contribution in [0.5, 0.6) is 0 Å². The van der Waals surface area contributed by atoms with Crippen molar-refractivity contribution in [1.29, 1.82) is 5.26 Å². The molecule has 0 radical (unpaired) electrons. The second kappa shape index (κ2) is 8.54. The number of aromatic nitrogens is 1. The lowest BCUT2D eigenvalue weighted by Gasteiger charge is -2.12. The second-order valence-corrected chi connectivity index (χ2v) is 6.50. The van der Waals surface area contributed by atoms with E-state index in [1.54, 1.807) is 6.08 Å². The maximum Gasteiger partial charge on any atom is 0.261 e. The zero-order valence-corrected chi connectivity index (χ0v) is 14.7. The Morgan fingerprint density at radius 1 is 1.43 bits per heavy atom. The Morgan fingerprint density at radius 3 is 2.61 bits per heavy atom. The molecule has 126 valence electrons. The number of hydrogen-bond donors (Lipinski definition) is 2. The Bertz CT molecular complexity index is 621. The van der Waals surface area contributed by atoms with Crippen LogP contribution in [-0.4, -0.2) is 28.7 Å². The third-order valence-corrected chi connectivity index (χ3v) is 3.75. The Balaban J connectivity index is 2.99. The van der Waals surface area contributed by atoms with Gasteiger partial charge < -0.3 is 15.0 Å². The third-order valence-electron chi connectivity index (χ3n) is 3.75. The van der Waals surface area contributed by atoms with Gasteiger partial charge in [0.25, 0.3) is 5.91 Å². The average molecular weight is 317 g/mol. The van der Waals surface area contributed by atoms with Crippen LogP contribution in [0.25, 0.3) is 6.08 Å². The fraction of sp³-hybridized carbons (Fsp3) is 0.556. The van der Waals surface area contributed by atoms with Gasteiger partial charge >= 0.3 is 0 Å². The van der Waals surface area contributed by atoms with Gasteiger partial charge in [0.15, 0.2) is 0 Å². The largest absolute Gasteiger partial charge is 0.396 e. The van der Waals surface area contributed by atoms with E-state index in [-0.39, 0.29) is 18.1 Å². The van der Waals surface area contributed by atoms with Crippen molar-refractivity contribution in [3.63, 3.8) is 0 Å². The van der Waals surface area contributed by atoms with Gasteiger partial charge in [-0.25, -0.2) is 0 Å². The van der Waals surface area contributed by atoms with Crippen molar-refractivity contribution in [2.45, 2.75) is 41.2 Å². The zero-order valence-electron chi connectivity index (χ0n) is 14.7. The summed E-state index contributed by atoms with van der Waals surface area (Å²) in [5, 5.41) is 20.9. The van der Waals surface area contributed by atoms with Crippen LogP contribution in [-0.2, 0) is 11.3 Å². The van der Waals surface area contributed by atoms with Crippen LogP contribution < -0.4 is 5.32 Å². The second-order valence-electron chi connectivity index (χ2n) is 6.50. The summed E-state index contributed by atoms with van der Waals surface area (Å²) in [4.78, 5) is 12.1. The van der Waals surface area contributed by atoms with Crippen LogP contribution in [0.1, 0.15) is 37.7 Å². The maximum atomic E-state index is 12.1. The maximum absolute atomic E-state index is 12.1. The molecule has 1 aromatic rings. The number of nitriles is 1. The minimum Gasteiger partial charge on any atom is -0.396 e. The van der Waals surface area contributed by atoms with Crippen LogP contribution in [0.2, 0.25) is 0 Å². The number of aliphatic hydroxyl groups excluding tert-OH is 1. The Kier molecular flexibility index (Phi) is 7.05. The predicted octanol–water partition coefficient (Wildman–Crippen LogP) is 2.41. The third kappa shape index (κ3) is 5.26. The summed E-state index contributed by atoms with van der Waals surface area (Å²) in [5.41, 5.74) is 3.15. The molecule has 5 heteroatoms. The molecule has 1 amide bonds. The number of amides is 1. The molecule has 5 nitrogen and oxygen atoms in total. The highest BCUT2D eigenvalue weighted by atomic mass is 16.3. The highest BCUT2D eigenvalue weighted by molar-refractivity contribution is 6.01. The van der Waals surface area contributed by atoms with Crippen molar-refractivity contribution >= 4 is 12.0 Å². The number of aliphatic hydroxyl groups is 1. The van der Waals surface area contributed by atoms with E-state index in [0.717, 1.165) is 23.5 Å². The molecular formula is C18H27N3O2. The van der Waals surface area contributed by atoms with Crippen molar-refractivity contribution < 1.29 is 9.90 Å². The molecule has 1 aromatic heterocycles. The predicted molar refractivity (Wildman–Crippen MR) is 91.6 cm³/mol. The number of rotatable bonds is 7. The monoisotopic (exact) mass is 317 g/mol. The smallest absolute Gasteiger partial charge is 0.261 e. The number of nitrogens with zero attached hydrogens (tertiary/aromatic N) is 2. The number of hydrogen-bond acceptors (Lipinski definition) is 3. The molecule has 2 N–H and O–H groups in total. The Labute approximate surface area is 138 Å². The van der Waals surface area contributed by atoms with E-state index in [1.165, 1.54) is 0 Å². The van der Waals surface area contributed by atoms with Gasteiger partial charge in [-0.15, -0.1) is 0 Å². The number of carbonyl (C=O) groups is 1. The Hall–Kier alpha value is -2.06. The number of nitrogens with one attached hydrogen (secondary N) is 1. The summed E-state index contributed by atoms with van der Waals surface area (Å²) in [6.45, 7) is 11.4. The summed E-state index contributed by atoms with van der Waals surface area (Å²) >= 11 is 0. The summed E-state index contributed by atoms with van der Waals surface area (Å²) in [5.74, 6) is 0.0896. The summed E-state index contributed by atoms with van der Waals surface area (Å²) in [6, 6.07) is 3.96. The first kappa shape index (κ1) is 19.0. The minimum absolute atomic E-state index is 0.00222. The van der Waals surface area contributed by atoms with E-state index in [1.807, 2.05) is 32.9 Å². The zero-order chi connectivity index (χ0) is 17.6. The van der Waals surface area contributed by atoms with Crippen molar-refractivity contribution in [2.75, 3.05) is 13.2 Å². The highest BCUT2D eigenvalue weighted by Crippen LogP contribution is 2.19. The van der Waals surface area contributed by atoms with Gasteiger partial charge in [0, 0.05) is 31.1 Å². The van der Waals surface area contributed by atoms with E-state index >= 15 is 0 Å². The van der Waals surface area contributed by atoms with Gasteiger partial charge in [0.2, 0.25) is 0 Å². The van der Waals surface area contributed by atoms with E-state index < -0.39 is 5.91 Å². The van der Waals surface area contributed by atoms with Crippen LogP contribution in [0.15, 0.2) is 11.6 Å². The van der Waals surface area contributed by atoms with Crippen molar-refractivity contribution in [3.8, 4) is 6.07 Å². The van der Waals surface area contributed by atoms with Gasteiger partial charge in [-0.1, -0.05) is 20.8 Å². The molecule has 0 saturated carbocycles. The van der Waals surface area contributed by atoms with Crippen molar-refractivity contribution in [2.24, 2.45) is 11.8 Å². The normalized spacial score (nSPS) is 13.0. The number of carbonyl (C=O) groups excluding carboxylic acids is 1. The minimum atomic E-state index is -0.401. The molecular weight excluding hydrogens is 290 g/mol. The lowest BCUT2D eigenvalue weighted by Crippen LogP contribution is -2.30. The van der Waals surface area contributed by atoms with Gasteiger partial charge in [0.05, 0.1) is 0 Å². The number of aryl methyl sites for hydroxylation is 1. The average Bonchev–Trinajstić information content (AvgIpc) is 2.76. The first-order valence-corrected chi connectivity index (χ1v) is 7.97.